The Labute approximate surface area is 160 Å². The van der Waals surface area contributed by atoms with Gasteiger partial charge in [0.15, 0.2) is 11.5 Å². The van der Waals surface area contributed by atoms with Gasteiger partial charge in [-0.3, -0.25) is 0 Å². The zero-order valence-corrected chi connectivity index (χ0v) is 17.1. The number of rotatable bonds is 7. The van der Waals surface area contributed by atoms with E-state index < -0.39 is 10.0 Å². The third kappa shape index (κ3) is 4.51. The maximum atomic E-state index is 12.6. The van der Waals surface area contributed by atoms with Crippen LogP contribution in [0.15, 0.2) is 34.3 Å². The smallest absolute Gasteiger partial charge is 0.277 e. The molecule has 0 unspecified atom stereocenters. The number of methoxy groups -OCH3 is 3. The van der Waals surface area contributed by atoms with Gasteiger partial charge in [-0.15, -0.1) is 0 Å². The van der Waals surface area contributed by atoms with Crippen LogP contribution < -0.4 is 19.0 Å². The predicted octanol–water partition coefficient (Wildman–Crippen LogP) is 2.95. The van der Waals surface area contributed by atoms with Gasteiger partial charge in [0.2, 0.25) is 5.75 Å². The summed E-state index contributed by atoms with van der Waals surface area (Å²) >= 11 is 0. The molecule has 7 nitrogen and oxygen atoms in total. The van der Waals surface area contributed by atoms with E-state index >= 15 is 0 Å². The van der Waals surface area contributed by atoms with E-state index in [-0.39, 0.29) is 4.90 Å². The van der Waals surface area contributed by atoms with Crippen molar-refractivity contribution >= 4 is 16.2 Å². The van der Waals surface area contributed by atoms with Crippen molar-refractivity contribution in [2.24, 2.45) is 5.10 Å². The summed E-state index contributed by atoms with van der Waals surface area (Å²) in [5.74, 6) is 1.35. The van der Waals surface area contributed by atoms with Crippen molar-refractivity contribution in [1.29, 1.82) is 0 Å². The van der Waals surface area contributed by atoms with Crippen molar-refractivity contribution in [3.63, 3.8) is 0 Å². The molecule has 0 amide bonds. The summed E-state index contributed by atoms with van der Waals surface area (Å²) in [6.07, 6.45) is 1.38. The first-order valence-corrected chi connectivity index (χ1v) is 9.64. The summed E-state index contributed by atoms with van der Waals surface area (Å²) in [5.41, 5.74) is 2.93. The summed E-state index contributed by atoms with van der Waals surface area (Å²) < 4.78 is 41.1. The van der Waals surface area contributed by atoms with Gasteiger partial charge in [-0.1, -0.05) is 17.7 Å². The van der Waals surface area contributed by atoms with Gasteiger partial charge in [-0.05, 0) is 44.0 Å². The van der Waals surface area contributed by atoms with Gasteiger partial charge in [0.25, 0.3) is 10.0 Å². The van der Waals surface area contributed by atoms with Crippen LogP contribution in [0.3, 0.4) is 0 Å². The summed E-state index contributed by atoms with van der Waals surface area (Å²) in [7, 11) is 0.728. The third-order valence-electron chi connectivity index (χ3n) is 3.95. The summed E-state index contributed by atoms with van der Waals surface area (Å²) in [6.45, 7) is 5.45. The van der Waals surface area contributed by atoms with Gasteiger partial charge < -0.3 is 14.2 Å². The molecule has 2 aromatic carbocycles. The predicted molar refractivity (Wildman–Crippen MR) is 105 cm³/mol. The Morgan fingerprint density at radius 1 is 0.889 bits per heavy atom. The molecule has 0 atom stereocenters. The van der Waals surface area contributed by atoms with Crippen LogP contribution >= 0.6 is 0 Å². The number of nitrogens with zero attached hydrogens (tertiary/aromatic N) is 1. The molecule has 0 spiro atoms. The van der Waals surface area contributed by atoms with E-state index in [4.69, 9.17) is 14.2 Å². The Hall–Kier alpha value is -2.74. The second kappa shape index (κ2) is 8.30. The number of hydrazone groups is 1. The topological polar surface area (TPSA) is 86.2 Å². The molecular weight excluding hydrogens is 368 g/mol. The van der Waals surface area contributed by atoms with Crippen LogP contribution in [-0.4, -0.2) is 36.0 Å². The lowest BCUT2D eigenvalue weighted by molar-refractivity contribution is 0.324. The first-order chi connectivity index (χ1) is 12.7. The molecule has 0 aliphatic carbocycles. The van der Waals surface area contributed by atoms with Crippen molar-refractivity contribution in [2.45, 2.75) is 25.7 Å². The number of ether oxygens (including phenoxy) is 3. The molecule has 27 heavy (non-hydrogen) atoms. The van der Waals surface area contributed by atoms with Gasteiger partial charge in [-0.25, -0.2) is 4.83 Å². The van der Waals surface area contributed by atoms with Gasteiger partial charge in [0.1, 0.15) is 0 Å². The average molecular weight is 392 g/mol. The lowest BCUT2D eigenvalue weighted by Gasteiger charge is -2.13. The Morgan fingerprint density at radius 3 is 1.85 bits per heavy atom. The Morgan fingerprint density at radius 2 is 1.41 bits per heavy atom. The van der Waals surface area contributed by atoms with Gasteiger partial charge in [0.05, 0.1) is 32.4 Å². The van der Waals surface area contributed by atoms with Crippen molar-refractivity contribution in [1.82, 2.24) is 4.83 Å². The number of sulfonamides is 1. The second-order valence-corrected chi connectivity index (χ2v) is 7.64. The van der Waals surface area contributed by atoms with Crippen LogP contribution in [0.2, 0.25) is 0 Å². The first kappa shape index (κ1) is 20.6. The maximum Gasteiger partial charge on any atom is 0.277 e. The van der Waals surface area contributed by atoms with Gasteiger partial charge >= 0.3 is 0 Å². The first-order valence-electron chi connectivity index (χ1n) is 8.16. The highest BCUT2D eigenvalue weighted by atomic mass is 32.2. The fraction of sp³-hybridized carbons (Fsp3) is 0.316. The highest BCUT2D eigenvalue weighted by molar-refractivity contribution is 7.89. The molecular formula is C19H24N2O5S. The van der Waals surface area contributed by atoms with E-state index in [0.29, 0.717) is 33.9 Å². The Balaban J connectivity index is 2.32. The molecule has 0 fully saturated rings. The van der Waals surface area contributed by atoms with E-state index in [2.05, 4.69) is 9.93 Å². The third-order valence-corrected chi connectivity index (χ3v) is 5.47. The quantitative estimate of drug-likeness (QED) is 0.578. The van der Waals surface area contributed by atoms with Crippen molar-refractivity contribution in [3.8, 4) is 17.2 Å². The average Bonchev–Trinajstić information content (AvgIpc) is 2.59. The summed E-state index contributed by atoms with van der Waals surface area (Å²) in [6, 6.07) is 6.98. The highest BCUT2D eigenvalue weighted by Crippen LogP contribution is 2.37. The lowest BCUT2D eigenvalue weighted by atomic mass is 10.1. The second-order valence-electron chi connectivity index (χ2n) is 6.04. The highest BCUT2D eigenvalue weighted by Gasteiger charge is 2.19. The molecule has 0 heterocycles. The van der Waals surface area contributed by atoms with Crippen LogP contribution in [0.1, 0.15) is 22.3 Å². The molecule has 146 valence electrons. The molecule has 2 aromatic rings. The van der Waals surface area contributed by atoms with Crippen molar-refractivity contribution in [2.75, 3.05) is 21.3 Å². The van der Waals surface area contributed by atoms with Gasteiger partial charge in [0, 0.05) is 5.56 Å². The number of hydrogen-bond donors (Lipinski definition) is 1. The molecule has 8 heteroatoms. The lowest BCUT2D eigenvalue weighted by Crippen LogP contribution is -2.20. The molecule has 0 aliphatic rings. The maximum absolute atomic E-state index is 12.6. The zero-order valence-electron chi connectivity index (χ0n) is 16.3. The molecule has 0 aliphatic heterocycles. The van der Waals surface area contributed by atoms with E-state index in [1.807, 2.05) is 19.1 Å². The van der Waals surface area contributed by atoms with E-state index in [0.717, 1.165) is 5.56 Å². The molecule has 0 radical (unpaired) electrons. The van der Waals surface area contributed by atoms with Crippen LogP contribution in [0.4, 0.5) is 0 Å². The SMILES string of the molecule is COc1cc(/C=N/NS(=O)(=O)c2c(C)cc(C)cc2C)cc(OC)c1OC. The van der Waals surface area contributed by atoms with Crippen LogP contribution in [0, 0.1) is 20.8 Å². The Bertz CT molecular complexity index is 920. The minimum atomic E-state index is -3.79. The summed E-state index contributed by atoms with van der Waals surface area (Å²) in [5, 5.41) is 3.89. The number of aryl methyl sites for hydroxylation is 3. The molecule has 1 N–H and O–H groups in total. The van der Waals surface area contributed by atoms with Crippen LogP contribution in [-0.2, 0) is 10.0 Å². The minimum Gasteiger partial charge on any atom is -0.493 e. The molecule has 0 saturated heterocycles. The van der Waals surface area contributed by atoms with Crippen LogP contribution in [0.5, 0.6) is 17.2 Å². The zero-order chi connectivity index (χ0) is 20.2. The fourth-order valence-electron chi connectivity index (χ4n) is 2.98. The largest absolute Gasteiger partial charge is 0.493 e. The van der Waals surface area contributed by atoms with Gasteiger partial charge in [-0.2, -0.15) is 13.5 Å². The van der Waals surface area contributed by atoms with Crippen LogP contribution in [0.25, 0.3) is 0 Å². The molecule has 0 bridgehead atoms. The monoisotopic (exact) mass is 392 g/mol. The standard InChI is InChI=1S/C19H24N2O5S/c1-12-7-13(2)19(14(3)8-12)27(22,23)21-20-11-15-9-16(24-4)18(26-6)17(10-15)25-5/h7-11,21H,1-6H3/b20-11+. The molecule has 2 rings (SSSR count). The van der Waals surface area contributed by atoms with Crippen molar-refractivity contribution in [3.05, 3.63) is 46.5 Å². The Kier molecular flexibility index (Phi) is 6.32. The van der Waals surface area contributed by atoms with Crippen molar-refractivity contribution < 1.29 is 22.6 Å². The van der Waals surface area contributed by atoms with E-state index in [1.54, 1.807) is 26.0 Å². The normalized spacial score (nSPS) is 11.5. The van der Waals surface area contributed by atoms with E-state index in [1.165, 1.54) is 27.5 Å². The summed E-state index contributed by atoms with van der Waals surface area (Å²) in [4.78, 5) is 2.49. The minimum absolute atomic E-state index is 0.232. The molecule has 0 aromatic heterocycles. The number of nitrogens with one attached hydrogen (secondary N) is 1. The molecule has 0 saturated carbocycles. The number of hydrogen-bond acceptors (Lipinski definition) is 6. The van der Waals surface area contributed by atoms with E-state index in [9.17, 15) is 8.42 Å². The fourth-order valence-corrected chi connectivity index (χ4v) is 4.23. The number of benzene rings is 2.